The van der Waals surface area contributed by atoms with Gasteiger partial charge in [-0.2, -0.15) is 0 Å². The lowest BCUT2D eigenvalue weighted by molar-refractivity contribution is 0.0698. The highest BCUT2D eigenvalue weighted by Gasteiger charge is 2.10. The van der Waals surface area contributed by atoms with E-state index in [4.69, 9.17) is 21.4 Å². The molecule has 0 radical (unpaired) electrons. The standard InChI is InChI=1S/C14H13ClN2O3/c1-20-13-5-2-9(8-17-13)7-16-12-4-3-10(15)6-11(12)14(18)19/h2-6,8,16H,7H2,1H3,(H,18,19). The molecule has 0 unspecified atom stereocenters. The molecule has 1 aromatic heterocycles. The van der Waals surface area contributed by atoms with Crippen LogP contribution in [0.15, 0.2) is 36.5 Å². The van der Waals surface area contributed by atoms with Crippen LogP contribution in [0.25, 0.3) is 0 Å². The molecule has 0 aliphatic carbocycles. The number of carbonyl (C=O) groups is 1. The van der Waals surface area contributed by atoms with Gasteiger partial charge in [-0.15, -0.1) is 0 Å². The number of halogens is 1. The molecule has 0 saturated carbocycles. The smallest absolute Gasteiger partial charge is 0.337 e. The van der Waals surface area contributed by atoms with Crippen LogP contribution in [0.2, 0.25) is 5.02 Å². The van der Waals surface area contributed by atoms with Gasteiger partial charge in [-0.25, -0.2) is 9.78 Å². The van der Waals surface area contributed by atoms with Crippen LogP contribution >= 0.6 is 11.6 Å². The minimum absolute atomic E-state index is 0.138. The molecule has 0 saturated heterocycles. The van der Waals surface area contributed by atoms with E-state index in [-0.39, 0.29) is 5.56 Å². The number of methoxy groups -OCH3 is 1. The first-order chi connectivity index (χ1) is 9.60. The lowest BCUT2D eigenvalue weighted by Gasteiger charge is -2.10. The van der Waals surface area contributed by atoms with Crippen molar-refractivity contribution in [2.75, 3.05) is 12.4 Å². The van der Waals surface area contributed by atoms with Crippen molar-refractivity contribution in [3.63, 3.8) is 0 Å². The number of hydrogen-bond acceptors (Lipinski definition) is 4. The first-order valence-electron chi connectivity index (χ1n) is 5.86. The van der Waals surface area contributed by atoms with Crippen molar-refractivity contribution in [1.82, 2.24) is 4.98 Å². The summed E-state index contributed by atoms with van der Waals surface area (Å²) in [6, 6.07) is 8.30. The lowest BCUT2D eigenvalue weighted by Crippen LogP contribution is -2.06. The third-order valence-corrected chi connectivity index (χ3v) is 2.94. The summed E-state index contributed by atoms with van der Waals surface area (Å²) in [5, 5.41) is 12.6. The highest BCUT2D eigenvalue weighted by Crippen LogP contribution is 2.21. The number of aromatic carboxylic acids is 1. The maximum Gasteiger partial charge on any atom is 0.337 e. The van der Waals surface area contributed by atoms with Gasteiger partial charge in [0.05, 0.1) is 12.7 Å². The van der Waals surface area contributed by atoms with Crippen molar-refractivity contribution in [2.45, 2.75) is 6.54 Å². The van der Waals surface area contributed by atoms with Crippen LogP contribution in [-0.2, 0) is 6.54 Å². The van der Waals surface area contributed by atoms with Gasteiger partial charge >= 0.3 is 5.97 Å². The molecule has 0 fully saturated rings. The van der Waals surface area contributed by atoms with Crippen LogP contribution in [0.3, 0.4) is 0 Å². The number of benzene rings is 1. The number of nitrogens with one attached hydrogen (secondary N) is 1. The van der Waals surface area contributed by atoms with Crippen molar-refractivity contribution >= 4 is 23.3 Å². The number of carboxylic acid groups (broad SMARTS) is 1. The van der Waals surface area contributed by atoms with Crippen molar-refractivity contribution in [2.24, 2.45) is 0 Å². The minimum Gasteiger partial charge on any atom is -0.481 e. The highest BCUT2D eigenvalue weighted by atomic mass is 35.5. The summed E-state index contributed by atoms with van der Waals surface area (Å²) in [6.07, 6.45) is 1.67. The maximum atomic E-state index is 11.1. The second-order valence-corrected chi connectivity index (χ2v) is 4.49. The predicted octanol–water partition coefficient (Wildman–Crippen LogP) is 3.05. The number of anilines is 1. The Morgan fingerprint density at radius 1 is 1.40 bits per heavy atom. The summed E-state index contributed by atoms with van der Waals surface area (Å²) < 4.78 is 4.97. The summed E-state index contributed by atoms with van der Waals surface area (Å²) in [5.74, 6) is -0.491. The number of rotatable bonds is 5. The van der Waals surface area contributed by atoms with Crippen molar-refractivity contribution in [3.8, 4) is 5.88 Å². The van der Waals surface area contributed by atoms with E-state index in [1.54, 1.807) is 31.5 Å². The molecule has 1 heterocycles. The number of pyridine rings is 1. The third kappa shape index (κ3) is 3.39. The average Bonchev–Trinajstić information content (AvgIpc) is 2.46. The lowest BCUT2D eigenvalue weighted by atomic mass is 10.1. The van der Waals surface area contributed by atoms with E-state index < -0.39 is 5.97 Å². The molecule has 0 spiro atoms. The Bertz CT molecular complexity index is 614. The summed E-state index contributed by atoms with van der Waals surface area (Å²) in [6.45, 7) is 0.457. The molecule has 0 aliphatic heterocycles. The van der Waals surface area contributed by atoms with Crippen LogP contribution in [-0.4, -0.2) is 23.2 Å². The Morgan fingerprint density at radius 3 is 2.80 bits per heavy atom. The van der Waals surface area contributed by atoms with E-state index in [0.717, 1.165) is 5.56 Å². The Kier molecular flexibility index (Phi) is 4.42. The monoisotopic (exact) mass is 292 g/mol. The second kappa shape index (κ2) is 6.25. The fourth-order valence-corrected chi connectivity index (χ4v) is 1.85. The average molecular weight is 293 g/mol. The molecule has 104 valence electrons. The summed E-state index contributed by atoms with van der Waals surface area (Å²) >= 11 is 5.80. The molecule has 20 heavy (non-hydrogen) atoms. The van der Waals surface area contributed by atoms with E-state index in [9.17, 15) is 4.79 Å². The van der Waals surface area contributed by atoms with Gasteiger partial charge in [0.2, 0.25) is 5.88 Å². The van der Waals surface area contributed by atoms with Crippen LogP contribution in [0, 0.1) is 0 Å². The summed E-state index contributed by atoms with van der Waals surface area (Å²) in [5.41, 5.74) is 1.56. The van der Waals surface area contributed by atoms with E-state index >= 15 is 0 Å². The number of aromatic nitrogens is 1. The maximum absolute atomic E-state index is 11.1. The van der Waals surface area contributed by atoms with Crippen molar-refractivity contribution < 1.29 is 14.6 Å². The first kappa shape index (κ1) is 14.1. The SMILES string of the molecule is COc1ccc(CNc2ccc(Cl)cc2C(=O)O)cn1. The molecule has 2 N–H and O–H groups in total. The van der Waals surface area contributed by atoms with Gasteiger partial charge in [0, 0.05) is 29.5 Å². The van der Waals surface area contributed by atoms with Crippen molar-refractivity contribution in [1.29, 1.82) is 0 Å². The Balaban J connectivity index is 2.12. The fraction of sp³-hybridized carbons (Fsp3) is 0.143. The van der Waals surface area contributed by atoms with Crippen molar-refractivity contribution in [3.05, 3.63) is 52.7 Å². The normalized spacial score (nSPS) is 10.1. The van der Waals surface area contributed by atoms with Crippen LogP contribution < -0.4 is 10.1 Å². The number of carboxylic acids is 1. The van der Waals surface area contributed by atoms with Gasteiger partial charge in [-0.05, 0) is 23.8 Å². The van der Waals surface area contributed by atoms with Gasteiger partial charge in [0.15, 0.2) is 0 Å². The highest BCUT2D eigenvalue weighted by molar-refractivity contribution is 6.31. The number of hydrogen-bond donors (Lipinski definition) is 2. The number of nitrogens with zero attached hydrogens (tertiary/aromatic N) is 1. The molecule has 2 rings (SSSR count). The molecule has 1 aromatic carbocycles. The Labute approximate surface area is 121 Å². The third-order valence-electron chi connectivity index (χ3n) is 2.70. The van der Waals surface area contributed by atoms with Crippen LogP contribution in [0.4, 0.5) is 5.69 Å². The number of ether oxygens (including phenoxy) is 1. The zero-order chi connectivity index (χ0) is 14.5. The molecule has 0 aliphatic rings. The van der Waals surface area contributed by atoms with Gasteiger partial charge < -0.3 is 15.2 Å². The molecule has 6 heteroatoms. The van der Waals surface area contributed by atoms with Gasteiger partial charge in [-0.3, -0.25) is 0 Å². The zero-order valence-corrected chi connectivity index (χ0v) is 11.5. The Hall–Kier alpha value is -2.27. The fourth-order valence-electron chi connectivity index (χ4n) is 1.68. The summed E-state index contributed by atoms with van der Waals surface area (Å²) in [4.78, 5) is 15.2. The molecule has 0 bridgehead atoms. The van der Waals surface area contributed by atoms with E-state index in [1.165, 1.54) is 6.07 Å². The molecule has 5 nitrogen and oxygen atoms in total. The molecule has 0 atom stereocenters. The molecule has 2 aromatic rings. The molecule has 0 amide bonds. The van der Waals surface area contributed by atoms with E-state index in [1.807, 2.05) is 6.07 Å². The van der Waals surface area contributed by atoms with Gasteiger partial charge in [0.1, 0.15) is 0 Å². The minimum atomic E-state index is -1.03. The molecular formula is C14H13ClN2O3. The predicted molar refractivity (Wildman–Crippen MR) is 76.5 cm³/mol. The van der Waals surface area contributed by atoms with E-state index in [0.29, 0.717) is 23.1 Å². The zero-order valence-electron chi connectivity index (χ0n) is 10.8. The first-order valence-corrected chi connectivity index (χ1v) is 6.23. The summed E-state index contributed by atoms with van der Waals surface area (Å²) in [7, 11) is 1.55. The largest absolute Gasteiger partial charge is 0.481 e. The van der Waals surface area contributed by atoms with Gasteiger partial charge in [0.25, 0.3) is 0 Å². The second-order valence-electron chi connectivity index (χ2n) is 4.06. The van der Waals surface area contributed by atoms with Gasteiger partial charge in [-0.1, -0.05) is 17.7 Å². The van der Waals surface area contributed by atoms with E-state index in [2.05, 4.69) is 10.3 Å². The quantitative estimate of drug-likeness (QED) is 0.886. The Morgan fingerprint density at radius 2 is 2.20 bits per heavy atom. The van der Waals surface area contributed by atoms with Crippen LogP contribution in [0.1, 0.15) is 15.9 Å². The molecular weight excluding hydrogens is 280 g/mol. The van der Waals surface area contributed by atoms with Crippen LogP contribution in [0.5, 0.6) is 5.88 Å². The topological polar surface area (TPSA) is 71.5 Å².